The van der Waals surface area contributed by atoms with E-state index in [1.807, 2.05) is 11.8 Å². The lowest BCUT2D eigenvalue weighted by Crippen LogP contribution is -2.24. The van der Waals surface area contributed by atoms with Gasteiger partial charge in [0.2, 0.25) is 0 Å². The topological polar surface area (TPSA) is 50.4 Å². The minimum Gasteiger partial charge on any atom is -0.370 e. The molecule has 3 rings (SSSR count). The molecule has 0 spiro atoms. The van der Waals surface area contributed by atoms with E-state index in [4.69, 9.17) is 5.73 Å². The lowest BCUT2D eigenvalue weighted by molar-refractivity contribution is 0.901. The van der Waals surface area contributed by atoms with Crippen LogP contribution in [0.25, 0.3) is 0 Å². The average molecular weight is 275 g/mol. The highest BCUT2D eigenvalue weighted by Gasteiger charge is 2.41. The maximum absolute atomic E-state index is 5.97. The molecule has 3 nitrogen and oxygen atoms in total. The number of hydrogen-bond donors (Lipinski definition) is 2. The van der Waals surface area contributed by atoms with Gasteiger partial charge in [0.15, 0.2) is 5.96 Å². The second kappa shape index (κ2) is 5.08. The van der Waals surface area contributed by atoms with E-state index in [1.54, 1.807) is 0 Å². The predicted molar refractivity (Wildman–Crippen MR) is 84.1 cm³/mol. The molecular formula is C15H21N3S. The molecule has 0 aliphatic heterocycles. The summed E-state index contributed by atoms with van der Waals surface area (Å²) in [5.41, 5.74) is 9.98. The summed E-state index contributed by atoms with van der Waals surface area (Å²) in [6, 6.07) is 6.53. The largest absolute Gasteiger partial charge is 0.370 e. The van der Waals surface area contributed by atoms with Crippen LogP contribution in [0.5, 0.6) is 0 Å². The molecule has 0 bridgehead atoms. The van der Waals surface area contributed by atoms with Crippen LogP contribution in [0.3, 0.4) is 0 Å². The fourth-order valence-electron chi connectivity index (χ4n) is 2.63. The highest BCUT2D eigenvalue weighted by atomic mass is 32.2. The Morgan fingerprint density at radius 2 is 2.16 bits per heavy atom. The van der Waals surface area contributed by atoms with Gasteiger partial charge in [-0.25, -0.2) is 0 Å². The molecule has 1 aromatic carbocycles. The first kappa shape index (κ1) is 12.9. The maximum atomic E-state index is 5.97. The number of benzene rings is 1. The molecule has 2 aliphatic rings. The number of hydrogen-bond acceptors (Lipinski definition) is 2. The van der Waals surface area contributed by atoms with Gasteiger partial charge in [-0.2, -0.15) is 11.8 Å². The summed E-state index contributed by atoms with van der Waals surface area (Å²) in [5.74, 6) is 0.540. The predicted octanol–water partition coefficient (Wildman–Crippen LogP) is 2.80. The normalized spacial score (nSPS) is 20.2. The molecule has 102 valence electrons. The molecule has 0 unspecified atom stereocenters. The van der Waals surface area contributed by atoms with Crippen LogP contribution in [0.2, 0.25) is 0 Å². The summed E-state index contributed by atoms with van der Waals surface area (Å²) in [6.45, 7) is 0.831. The average Bonchev–Trinajstić information content (AvgIpc) is 3.06. The molecule has 0 radical (unpaired) electrons. The first-order valence-corrected chi connectivity index (χ1v) is 8.17. The number of nitrogens with zero attached hydrogens (tertiary/aromatic N) is 1. The van der Waals surface area contributed by atoms with E-state index < -0.39 is 0 Å². The maximum Gasteiger partial charge on any atom is 0.193 e. The van der Waals surface area contributed by atoms with Crippen molar-refractivity contribution in [2.45, 2.75) is 36.9 Å². The van der Waals surface area contributed by atoms with Crippen molar-refractivity contribution in [2.24, 2.45) is 10.7 Å². The van der Waals surface area contributed by atoms with E-state index >= 15 is 0 Å². The molecule has 0 amide bonds. The van der Waals surface area contributed by atoms with Gasteiger partial charge in [-0.1, -0.05) is 6.07 Å². The highest BCUT2D eigenvalue weighted by molar-refractivity contribution is 8.00. The van der Waals surface area contributed by atoms with Gasteiger partial charge in [0.1, 0.15) is 0 Å². The van der Waals surface area contributed by atoms with Crippen molar-refractivity contribution < 1.29 is 0 Å². The van der Waals surface area contributed by atoms with Crippen LogP contribution in [0.15, 0.2) is 23.2 Å². The third kappa shape index (κ3) is 2.89. The Bertz CT molecular complexity index is 506. The van der Waals surface area contributed by atoms with Gasteiger partial charge in [0.25, 0.3) is 0 Å². The number of guanidine groups is 1. The van der Waals surface area contributed by atoms with Gasteiger partial charge < -0.3 is 11.1 Å². The second-order valence-corrected chi connectivity index (χ2v) is 6.82. The zero-order valence-electron chi connectivity index (χ0n) is 11.4. The highest BCUT2D eigenvalue weighted by Crippen LogP contribution is 2.47. The molecule has 0 heterocycles. The van der Waals surface area contributed by atoms with Crippen LogP contribution in [0.4, 0.5) is 5.69 Å². The van der Waals surface area contributed by atoms with Crippen molar-refractivity contribution in [1.82, 2.24) is 0 Å². The van der Waals surface area contributed by atoms with Crippen molar-refractivity contribution >= 4 is 23.4 Å². The van der Waals surface area contributed by atoms with Crippen LogP contribution < -0.4 is 11.1 Å². The fourth-order valence-corrected chi connectivity index (χ4v) is 3.34. The SMILES string of the molecule is CSC1(CN=C(N)Nc2ccc3c(c2)CCC3)CC1. The van der Waals surface area contributed by atoms with Crippen molar-refractivity contribution in [3.8, 4) is 0 Å². The van der Waals surface area contributed by atoms with Gasteiger partial charge >= 0.3 is 0 Å². The van der Waals surface area contributed by atoms with Crippen LogP contribution in [-0.2, 0) is 12.8 Å². The number of nitrogens with two attached hydrogens (primary N) is 1. The molecule has 0 atom stereocenters. The first-order chi connectivity index (χ1) is 9.21. The summed E-state index contributed by atoms with van der Waals surface area (Å²) in [6.07, 6.45) is 8.38. The Morgan fingerprint density at radius 1 is 1.37 bits per heavy atom. The number of anilines is 1. The summed E-state index contributed by atoms with van der Waals surface area (Å²) in [7, 11) is 0. The number of rotatable bonds is 4. The number of nitrogens with one attached hydrogen (secondary N) is 1. The van der Waals surface area contributed by atoms with Crippen LogP contribution in [0.1, 0.15) is 30.4 Å². The van der Waals surface area contributed by atoms with E-state index in [-0.39, 0.29) is 0 Å². The third-order valence-electron chi connectivity index (χ3n) is 4.15. The molecule has 0 saturated heterocycles. The number of thioether (sulfide) groups is 1. The van der Waals surface area contributed by atoms with Crippen LogP contribution >= 0.6 is 11.8 Å². The zero-order valence-corrected chi connectivity index (χ0v) is 12.2. The Labute approximate surface area is 119 Å². The molecule has 19 heavy (non-hydrogen) atoms. The molecule has 4 heteroatoms. The summed E-state index contributed by atoms with van der Waals surface area (Å²) >= 11 is 1.91. The van der Waals surface area contributed by atoms with Gasteiger partial charge in [0.05, 0.1) is 6.54 Å². The summed E-state index contributed by atoms with van der Waals surface area (Å²) in [5, 5.41) is 3.21. The monoisotopic (exact) mass is 275 g/mol. The van der Waals surface area contributed by atoms with Crippen molar-refractivity contribution in [3.63, 3.8) is 0 Å². The molecule has 0 aromatic heterocycles. The van der Waals surface area contributed by atoms with Crippen molar-refractivity contribution in [1.29, 1.82) is 0 Å². The summed E-state index contributed by atoms with van der Waals surface area (Å²) < 4.78 is 0.379. The van der Waals surface area contributed by atoms with Gasteiger partial charge in [-0.05, 0) is 61.6 Å². The summed E-state index contributed by atoms with van der Waals surface area (Å²) in [4.78, 5) is 4.48. The van der Waals surface area contributed by atoms with E-state index in [1.165, 1.54) is 43.2 Å². The molecule has 1 fully saturated rings. The van der Waals surface area contributed by atoms with Crippen LogP contribution in [0, 0.1) is 0 Å². The first-order valence-electron chi connectivity index (χ1n) is 6.95. The quantitative estimate of drug-likeness (QED) is 0.656. The van der Waals surface area contributed by atoms with Crippen molar-refractivity contribution in [3.05, 3.63) is 29.3 Å². The van der Waals surface area contributed by atoms with Gasteiger partial charge in [-0.15, -0.1) is 0 Å². The Kier molecular flexibility index (Phi) is 3.44. The Morgan fingerprint density at radius 3 is 2.89 bits per heavy atom. The van der Waals surface area contributed by atoms with E-state index in [0.29, 0.717) is 10.7 Å². The minimum atomic E-state index is 0.379. The molecular weight excluding hydrogens is 254 g/mol. The van der Waals surface area contributed by atoms with Gasteiger partial charge in [0, 0.05) is 10.4 Å². The second-order valence-electron chi connectivity index (χ2n) is 5.55. The van der Waals surface area contributed by atoms with E-state index in [2.05, 4.69) is 34.8 Å². The number of aliphatic imine (C=N–C) groups is 1. The Hall–Kier alpha value is -1.16. The lowest BCUT2D eigenvalue weighted by atomic mass is 10.1. The van der Waals surface area contributed by atoms with E-state index in [0.717, 1.165) is 12.2 Å². The zero-order chi connectivity index (χ0) is 13.3. The lowest BCUT2D eigenvalue weighted by Gasteiger charge is -2.11. The smallest absolute Gasteiger partial charge is 0.193 e. The molecule has 1 aromatic rings. The molecule has 3 N–H and O–H groups in total. The fraction of sp³-hybridized carbons (Fsp3) is 0.533. The molecule has 1 saturated carbocycles. The minimum absolute atomic E-state index is 0.379. The standard InChI is InChI=1S/C15H21N3S/c1-19-15(7-8-15)10-17-14(16)18-13-6-5-11-3-2-4-12(11)9-13/h5-6,9H,2-4,7-8,10H2,1H3,(H3,16,17,18). The van der Waals surface area contributed by atoms with Crippen molar-refractivity contribution in [2.75, 3.05) is 18.1 Å². The Balaban J connectivity index is 1.63. The van der Waals surface area contributed by atoms with Crippen LogP contribution in [-0.4, -0.2) is 23.5 Å². The number of fused-ring (bicyclic) bond motifs is 1. The third-order valence-corrected chi connectivity index (χ3v) is 5.55. The molecule has 2 aliphatic carbocycles. The number of aryl methyl sites for hydroxylation is 2. The van der Waals surface area contributed by atoms with Gasteiger partial charge in [-0.3, -0.25) is 4.99 Å². The van der Waals surface area contributed by atoms with E-state index in [9.17, 15) is 0 Å².